The minimum atomic E-state index is 0.306. The Morgan fingerprint density at radius 1 is 0.511 bits per heavy atom. The summed E-state index contributed by atoms with van der Waals surface area (Å²) in [6.45, 7) is 0. The molecule has 226 valence electrons. The van der Waals surface area contributed by atoms with Gasteiger partial charge in [-0.1, -0.05) is 133 Å². The van der Waals surface area contributed by atoms with Gasteiger partial charge < -0.3 is 9.80 Å². The van der Waals surface area contributed by atoms with Crippen LogP contribution in [0.25, 0.3) is 32.7 Å². The first kappa shape index (κ1) is 28.6. The van der Waals surface area contributed by atoms with E-state index < -0.39 is 0 Å². The third-order valence-electron chi connectivity index (χ3n) is 9.41. The highest BCUT2D eigenvalue weighted by molar-refractivity contribution is 6.00. The molecule has 0 fully saturated rings. The molecule has 0 spiro atoms. The first-order valence-corrected chi connectivity index (χ1v) is 16.4. The molecule has 7 aromatic carbocycles. The monoisotopic (exact) mass is 604 g/mol. The topological polar surface area (TPSA) is 6.48 Å². The summed E-state index contributed by atoms with van der Waals surface area (Å²) < 4.78 is 0. The van der Waals surface area contributed by atoms with Crippen LogP contribution < -0.4 is 9.80 Å². The van der Waals surface area contributed by atoms with E-state index in [-0.39, 0.29) is 0 Å². The summed E-state index contributed by atoms with van der Waals surface area (Å²) in [5.41, 5.74) is 9.69. The summed E-state index contributed by atoms with van der Waals surface area (Å²) in [6, 6.07) is 59.3. The molecule has 0 saturated carbocycles. The summed E-state index contributed by atoms with van der Waals surface area (Å²) in [5, 5.41) is 4.92. The zero-order valence-electron chi connectivity index (χ0n) is 26.5. The van der Waals surface area contributed by atoms with Crippen molar-refractivity contribution in [3.63, 3.8) is 0 Å². The van der Waals surface area contributed by atoms with Gasteiger partial charge in [0.05, 0.1) is 5.69 Å². The third kappa shape index (κ3) is 5.60. The molecule has 0 radical (unpaired) electrons. The third-order valence-corrected chi connectivity index (χ3v) is 9.41. The maximum atomic E-state index is 2.40. The lowest BCUT2D eigenvalue weighted by Crippen LogP contribution is -2.22. The average Bonchev–Trinajstić information content (AvgIpc) is 3.15. The molecule has 0 saturated heterocycles. The molecule has 8 rings (SSSR count). The van der Waals surface area contributed by atoms with Gasteiger partial charge in [-0.25, -0.2) is 0 Å². The highest BCUT2D eigenvalue weighted by atomic mass is 15.1. The first-order chi connectivity index (χ1) is 23.2. The van der Waals surface area contributed by atoms with Gasteiger partial charge in [-0.15, -0.1) is 0 Å². The van der Waals surface area contributed by atoms with Gasteiger partial charge >= 0.3 is 0 Å². The van der Waals surface area contributed by atoms with Gasteiger partial charge in [0.25, 0.3) is 0 Å². The van der Waals surface area contributed by atoms with Gasteiger partial charge in [-0.3, -0.25) is 0 Å². The number of rotatable bonds is 7. The molecule has 0 amide bonds. The molecule has 1 unspecified atom stereocenters. The minimum absolute atomic E-state index is 0.306. The zero-order chi connectivity index (χ0) is 31.6. The lowest BCUT2D eigenvalue weighted by Gasteiger charge is -2.31. The Hall–Kier alpha value is -5.86. The summed E-state index contributed by atoms with van der Waals surface area (Å²) in [7, 11) is 2.17. The Bertz CT molecular complexity index is 2240. The number of allylic oxidation sites excluding steroid dienone is 4. The smallest absolute Gasteiger partial charge is 0.0540 e. The molecule has 1 aliphatic carbocycles. The maximum absolute atomic E-state index is 2.40. The second-order valence-electron chi connectivity index (χ2n) is 12.2. The van der Waals surface area contributed by atoms with Crippen molar-refractivity contribution in [3.05, 3.63) is 193 Å². The average molecular weight is 605 g/mol. The molecule has 0 aliphatic heterocycles. The number of likely N-dealkylation sites (N-methyl/N-ethyl adjacent to an activating group) is 1. The molecular weight excluding hydrogens is 569 g/mol. The van der Waals surface area contributed by atoms with Crippen molar-refractivity contribution in [2.75, 3.05) is 16.8 Å². The normalized spacial score (nSPS) is 14.2. The number of anilines is 4. The largest absolute Gasteiger partial charge is 0.348 e. The molecular formula is C45H36N2. The second-order valence-corrected chi connectivity index (χ2v) is 12.2. The Kier molecular flexibility index (Phi) is 7.61. The van der Waals surface area contributed by atoms with Gasteiger partial charge in [0.15, 0.2) is 0 Å². The standard InChI is InChI=1S/C45H36N2/c1-46(39-18-3-2-4-19-39)44-23-10-9-21-42(44)36-27-25-34(26-28-36)38-17-11-20-40(31-38)47(41-30-29-33-13-5-6-15-37(33)32-41)45-24-12-16-35-14-7-8-22-43(35)45/h2-20,22-32,42H,21H2,1H3. The summed E-state index contributed by atoms with van der Waals surface area (Å²) >= 11 is 0. The van der Waals surface area contributed by atoms with E-state index >= 15 is 0 Å². The number of hydrogen-bond donors (Lipinski definition) is 0. The number of hydrogen-bond acceptors (Lipinski definition) is 2. The van der Waals surface area contributed by atoms with E-state index in [0.29, 0.717) is 5.92 Å². The van der Waals surface area contributed by atoms with E-state index in [0.717, 1.165) is 23.5 Å². The predicted octanol–water partition coefficient (Wildman–Crippen LogP) is 12.2. The van der Waals surface area contributed by atoms with Gasteiger partial charge in [-0.2, -0.15) is 0 Å². The molecule has 1 atom stereocenters. The van der Waals surface area contributed by atoms with Gasteiger partial charge in [0, 0.05) is 41.1 Å². The summed E-state index contributed by atoms with van der Waals surface area (Å²) in [6.07, 6.45) is 7.71. The summed E-state index contributed by atoms with van der Waals surface area (Å²) in [5.74, 6) is 0.306. The van der Waals surface area contributed by atoms with Crippen LogP contribution >= 0.6 is 0 Å². The highest BCUT2D eigenvalue weighted by Crippen LogP contribution is 2.41. The molecule has 47 heavy (non-hydrogen) atoms. The zero-order valence-corrected chi connectivity index (χ0v) is 26.5. The van der Waals surface area contributed by atoms with E-state index in [1.54, 1.807) is 0 Å². The minimum Gasteiger partial charge on any atom is -0.348 e. The molecule has 2 nitrogen and oxygen atoms in total. The van der Waals surface area contributed by atoms with Crippen LogP contribution in [0.3, 0.4) is 0 Å². The lowest BCUT2D eigenvalue weighted by atomic mass is 9.87. The van der Waals surface area contributed by atoms with Crippen LogP contribution in [0, 0.1) is 0 Å². The quantitative estimate of drug-likeness (QED) is 0.179. The van der Waals surface area contributed by atoms with Gasteiger partial charge in [-0.05, 0) is 87.8 Å². The maximum Gasteiger partial charge on any atom is 0.0540 e. The predicted molar refractivity (Wildman–Crippen MR) is 201 cm³/mol. The highest BCUT2D eigenvalue weighted by Gasteiger charge is 2.22. The van der Waals surface area contributed by atoms with E-state index in [4.69, 9.17) is 0 Å². The van der Waals surface area contributed by atoms with E-state index in [9.17, 15) is 0 Å². The van der Waals surface area contributed by atoms with Crippen LogP contribution in [-0.4, -0.2) is 7.05 Å². The fourth-order valence-electron chi connectivity index (χ4n) is 6.95. The fourth-order valence-corrected chi connectivity index (χ4v) is 6.95. The van der Waals surface area contributed by atoms with Crippen LogP contribution in [0.2, 0.25) is 0 Å². The van der Waals surface area contributed by atoms with Crippen molar-refractivity contribution in [2.45, 2.75) is 12.3 Å². The van der Waals surface area contributed by atoms with Crippen molar-refractivity contribution in [1.29, 1.82) is 0 Å². The second kappa shape index (κ2) is 12.5. The Morgan fingerprint density at radius 2 is 1.19 bits per heavy atom. The van der Waals surface area contributed by atoms with Gasteiger partial charge in [0.1, 0.15) is 0 Å². The van der Waals surface area contributed by atoms with Crippen molar-refractivity contribution in [2.24, 2.45) is 0 Å². The molecule has 7 aromatic rings. The lowest BCUT2D eigenvalue weighted by molar-refractivity contribution is 0.763. The first-order valence-electron chi connectivity index (χ1n) is 16.4. The number of benzene rings is 7. The van der Waals surface area contributed by atoms with Crippen LogP contribution in [0.1, 0.15) is 17.9 Å². The fraction of sp³-hybridized carbons (Fsp3) is 0.0667. The van der Waals surface area contributed by atoms with Crippen LogP contribution in [0.15, 0.2) is 188 Å². The van der Waals surface area contributed by atoms with Gasteiger partial charge in [0.2, 0.25) is 0 Å². The molecule has 1 aliphatic rings. The Morgan fingerprint density at radius 3 is 2.04 bits per heavy atom. The molecule has 0 N–H and O–H groups in total. The van der Waals surface area contributed by atoms with E-state index in [1.165, 1.54) is 49.6 Å². The SMILES string of the molecule is CN(C1=CC=CCC1c1ccc(-c2cccc(N(c3ccc4ccccc4c3)c3cccc4ccccc34)c2)cc1)c1ccccc1. The van der Waals surface area contributed by atoms with Crippen molar-refractivity contribution in [1.82, 2.24) is 0 Å². The van der Waals surface area contributed by atoms with Crippen molar-refractivity contribution in [3.8, 4) is 11.1 Å². The van der Waals surface area contributed by atoms with Crippen LogP contribution in [0.4, 0.5) is 22.7 Å². The number of nitrogens with zero attached hydrogens (tertiary/aromatic N) is 2. The molecule has 0 aromatic heterocycles. The van der Waals surface area contributed by atoms with Crippen LogP contribution in [-0.2, 0) is 0 Å². The molecule has 0 heterocycles. The van der Waals surface area contributed by atoms with E-state index in [1.807, 2.05) is 0 Å². The number of para-hydroxylation sites is 1. The molecule has 0 bridgehead atoms. The van der Waals surface area contributed by atoms with E-state index in [2.05, 4.69) is 199 Å². The summed E-state index contributed by atoms with van der Waals surface area (Å²) in [4.78, 5) is 4.72. The molecule has 2 heteroatoms. The Balaban J connectivity index is 1.17. The van der Waals surface area contributed by atoms with Crippen molar-refractivity contribution < 1.29 is 0 Å². The Labute approximate surface area is 277 Å². The number of fused-ring (bicyclic) bond motifs is 2. The van der Waals surface area contributed by atoms with Crippen molar-refractivity contribution >= 4 is 44.3 Å². The van der Waals surface area contributed by atoms with Crippen LogP contribution in [0.5, 0.6) is 0 Å².